The molecule has 0 fully saturated rings. The monoisotopic (exact) mass is 389 g/mol. The molecule has 0 aromatic heterocycles. The minimum Gasteiger partial charge on any atom is -0.392 e. The minimum atomic E-state index is -3.48. The van der Waals surface area contributed by atoms with Gasteiger partial charge in [0, 0.05) is 31.1 Å². The molecule has 3 rings (SSSR count). The standard InChI is InChI=1S/C20H25NO3S.C2H6/c1-20(2)13-25(23,24)17-11-10-15(21(3)4)12-16(17)18(19(20)22)14-8-6-5-7-9-14;1-2/h5-12,18-19,22H,13H2,1-4H3;1-2H3. The molecule has 0 aliphatic carbocycles. The molecule has 0 saturated carbocycles. The summed E-state index contributed by atoms with van der Waals surface area (Å²) in [5.74, 6) is -0.456. The predicted molar refractivity (Wildman–Crippen MR) is 112 cm³/mol. The molecule has 2 unspecified atom stereocenters. The number of rotatable bonds is 2. The van der Waals surface area contributed by atoms with E-state index in [0.29, 0.717) is 10.5 Å². The molecular weight excluding hydrogens is 358 g/mol. The van der Waals surface area contributed by atoms with E-state index in [2.05, 4.69) is 0 Å². The fourth-order valence-corrected chi connectivity index (χ4v) is 5.76. The first-order valence-electron chi connectivity index (χ1n) is 9.40. The van der Waals surface area contributed by atoms with Gasteiger partial charge in [-0.3, -0.25) is 0 Å². The van der Waals surface area contributed by atoms with Crippen molar-refractivity contribution in [2.24, 2.45) is 5.41 Å². The highest BCUT2D eigenvalue weighted by Crippen LogP contribution is 2.45. The highest BCUT2D eigenvalue weighted by molar-refractivity contribution is 7.91. The van der Waals surface area contributed by atoms with E-state index in [0.717, 1.165) is 11.3 Å². The SMILES string of the molecule is CC.CN(C)c1ccc2c(c1)C(c1ccccc1)C(O)C(C)(C)CS2(=O)=O. The van der Waals surface area contributed by atoms with E-state index < -0.39 is 21.4 Å². The molecule has 0 saturated heterocycles. The van der Waals surface area contributed by atoms with Crippen molar-refractivity contribution in [3.63, 3.8) is 0 Å². The lowest BCUT2D eigenvalue weighted by Crippen LogP contribution is -2.38. The largest absolute Gasteiger partial charge is 0.392 e. The molecule has 0 radical (unpaired) electrons. The first-order valence-corrected chi connectivity index (χ1v) is 11.1. The number of nitrogens with zero attached hydrogens (tertiary/aromatic N) is 1. The van der Waals surface area contributed by atoms with Gasteiger partial charge in [-0.15, -0.1) is 0 Å². The van der Waals surface area contributed by atoms with Crippen molar-refractivity contribution in [2.75, 3.05) is 24.7 Å². The maximum Gasteiger partial charge on any atom is 0.179 e. The molecule has 1 aliphatic heterocycles. The van der Waals surface area contributed by atoms with Crippen LogP contribution in [0.5, 0.6) is 0 Å². The zero-order valence-electron chi connectivity index (χ0n) is 17.1. The zero-order valence-corrected chi connectivity index (χ0v) is 17.9. The average molecular weight is 390 g/mol. The number of aliphatic hydroxyl groups excluding tert-OH is 1. The second-order valence-corrected chi connectivity index (χ2v) is 9.66. The molecule has 0 spiro atoms. The van der Waals surface area contributed by atoms with Crippen LogP contribution in [0.1, 0.15) is 44.7 Å². The molecule has 27 heavy (non-hydrogen) atoms. The van der Waals surface area contributed by atoms with Crippen LogP contribution in [0.15, 0.2) is 53.4 Å². The van der Waals surface area contributed by atoms with Crippen LogP contribution in [0.2, 0.25) is 0 Å². The van der Waals surface area contributed by atoms with Gasteiger partial charge in [-0.05, 0) is 29.3 Å². The van der Waals surface area contributed by atoms with E-state index in [1.807, 2.05) is 89.2 Å². The van der Waals surface area contributed by atoms with Crippen LogP contribution in [0.4, 0.5) is 5.69 Å². The molecule has 0 amide bonds. The highest BCUT2D eigenvalue weighted by atomic mass is 32.2. The van der Waals surface area contributed by atoms with Crippen molar-refractivity contribution in [1.82, 2.24) is 0 Å². The number of fused-ring (bicyclic) bond motifs is 1. The summed E-state index contributed by atoms with van der Waals surface area (Å²) >= 11 is 0. The van der Waals surface area contributed by atoms with Gasteiger partial charge < -0.3 is 10.0 Å². The quantitative estimate of drug-likeness (QED) is 0.841. The van der Waals surface area contributed by atoms with Crippen LogP contribution in [0, 0.1) is 5.41 Å². The number of sulfone groups is 1. The first kappa shape index (κ1) is 21.5. The Morgan fingerprint density at radius 2 is 1.63 bits per heavy atom. The summed E-state index contributed by atoms with van der Waals surface area (Å²) in [5.41, 5.74) is 1.77. The zero-order chi connectivity index (χ0) is 20.4. The lowest BCUT2D eigenvalue weighted by Gasteiger charge is -2.33. The molecule has 2 aromatic rings. The van der Waals surface area contributed by atoms with Crippen molar-refractivity contribution in [3.05, 3.63) is 59.7 Å². The minimum absolute atomic E-state index is 0.0706. The number of anilines is 1. The summed E-state index contributed by atoms with van der Waals surface area (Å²) in [6.45, 7) is 7.65. The molecule has 0 bridgehead atoms. The third kappa shape index (κ3) is 4.19. The molecule has 1 N–H and O–H groups in total. The summed E-state index contributed by atoms with van der Waals surface area (Å²) < 4.78 is 26.0. The van der Waals surface area contributed by atoms with Crippen molar-refractivity contribution < 1.29 is 13.5 Å². The van der Waals surface area contributed by atoms with E-state index >= 15 is 0 Å². The van der Waals surface area contributed by atoms with E-state index in [-0.39, 0.29) is 11.7 Å². The second-order valence-electron chi connectivity index (χ2n) is 7.70. The second kappa shape index (κ2) is 8.03. The molecule has 1 aliphatic rings. The van der Waals surface area contributed by atoms with Crippen LogP contribution >= 0.6 is 0 Å². The number of hydrogen-bond donors (Lipinski definition) is 1. The number of benzene rings is 2. The molecule has 4 nitrogen and oxygen atoms in total. The van der Waals surface area contributed by atoms with Gasteiger partial charge in [0.1, 0.15) is 0 Å². The van der Waals surface area contributed by atoms with Crippen LogP contribution in [-0.4, -0.2) is 39.5 Å². The third-order valence-corrected chi connectivity index (χ3v) is 7.18. The summed E-state index contributed by atoms with van der Waals surface area (Å²) in [6, 6.07) is 15.1. The normalized spacial score (nSPS) is 22.6. The fourth-order valence-electron chi connectivity index (χ4n) is 3.64. The molecule has 5 heteroatoms. The Balaban J connectivity index is 0.00000126. The summed E-state index contributed by atoms with van der Waals surface area (Å²) in [5, 5.41) is 11.2. The summed E-state index contributed by atoms with van der Waals surface area (Å²) in [4.78, 5) is 2.27. The lowest BCUT2D eigenvalue weighted by molar-refractivity contribution is 0.0521. The molecular formula is C22H31NO3S. The Morgan fingerprint density at radius 1 is 1.04 bits per heavy atom. The van der Waals surface area contributed by atoms with Gasteiger partial charge in [0.05, 0.1) is 16.8 Å². The average Bonchev–Trinajstić information content (AvgIpc) is 2.68. The van der Waals surface area contributed by atoms with Gasteiger partial charge in [0.25, 0.3) is 0 Å². The fraction of sp³-hybridized carbons (Fsp3) is 0.455. The van der Waals surface area contributed by atoms with E-state index in [4.69, 9.17) is 0 Å². The Hall–Kier alpha value is -1.85. The maximum absolute atomic E-state index is 13.0. The van der Waals surface area contributed by atoms with Crippen molar-refractivity contribution in [2.45, 2.75) is 44.6 Å². The van der Waals surface area contributed by atoms with Gasteiger partial charge in [-0.1, -0.05) is 58.0 Å². The van der Waals surface area contributed by atoms with Crippen molar-refractivity contribution in [1.29, 1.82) is 0 Å². The first-order chi connectivity index (χ1) is 12.6. The van der Waals surface area contributed by atoms with E-state index in [9.17, 15) is 13.5 Å². The van der Waals surface area contributed by atoms with E-state index in [1.165, 1.54) is 0 Å². The Bertz CT molecular complexity index is 874. The lowest BCUT2D eigenvalue weighted by atomic mass is 9.75. The molecule has 1 heterocycles. The Kier molecular flexibility index (Phi) is 6.38. The predicted octanol–water partition coefficient (Wildman–Crippen LogP) is 4.09. The topological polar surface area (TPSA) is 57.6 Å². The smallest absolute Gasteiger partial charge is 0.179 e. The van der Waals surface area contributed by atoms with Crippen LogP contribution < -0.4 is 4.90 Å². The highest BCUT2D eigenvalue weighted by Gasteiger charge is 2.44. The van der Waals surface area contributed by atoms with Crippen molar-refractivity contribution >= 4 is 15.5 Å². The van der Waals surface area contributed by atoms with Gasteiger partial charge in [-0.2, -0.15) is 0 Å². The van der Waals surface area contributed by atoms with Gasteiger partial charge >= 0.3 is 0 Å². The Labute approximate surface area is 163 Å². The van der Waals surface area contributed by atoms with Crippen LogP contribution in [0.25, 0.3) is 0 Å². The molecule has 2 aromatic carbocycles. The van der Waals surface area contributed by atoms with Gasteiger partial charge in [0.2, 0.25) is 0 Å². The summed E-state index contributed by atoms with van der Waals surface area (Å²) in [7, 11) is 0.362. The molecule has 2 atom stereocenters. The molecule has 148 valence electrons. The Morgan fingerprint density at radius 3 is 2.19 bits per heavy atom. The van der Waals surface area contributed by atoms with Gasteiger partial charge in [0.15, 0.2) is 9.84 Å². The van der Waals surface area contributed by atoms with Crippen molar-refractivity contribution in [3.8, 4) is 0 Å². The maximum atomic E-state index is 13.0. The number of hydrogen-bond acceptors (Lipinski definition) is 4. The third-order valence-electron chi connectivity index (χ3n) is 5.02. The number of aliphatic hydroxyl groups is 1. The van der Waals surface area contributed by atoms with E-state index in [1.54, 1.807) is 6.07 Å². The summed E-state index contributed by atoms with van der Waals surface area (Å²) in [6.07, 6.45) is -0.802. The van der Waals surface area contributed by atoms with Crippen LogP contribution in [0.3, 0.4) is 0 Å². The van der Waals surface area contributed by atoms with Gasteiger partial charge in [-0.25, -0.2) is 8.42 Å². The van der Waals surface area contributed by atoms with Crippen LogP contribution in [-0.2, 0) is 9.84 Å².